The number of halogens is 3. The van der Waals surface area contributed by atoms with Crippen molar-refractivity contribution in [1.82, 2.24) is 10.7 Å². The van der Waals surface area contributed by atoms with Gasteiger partial charge >= 0.3 is 0 Å². The molecule has 0 spiro atoms. The van der Waals surface area contributed by atoms with Gasteiger partial charge in [0.25, 0.3) is 0 Å². The Morgan fingerprint density at radius 3 is 2.40 bits per heavy atom. The van der Waals surface area contributed by atoms with Crippen LogP contribution in [0.2, 0.25) is 15.1 Å². The second-order valence-corrected chi connectivity index (χ2v) is 6.62. The monoisotopic (exact) mass is 415 g/mol. The van der Waals surface area contributed by atoms with Crippen LogP contribution in [0.5, 0.6) is 5.75 Å². The summed E-state index contributed by atoms with van der Waals surface area (Å²) in [5, 5.41) is 8.87. The van der Waals surface area contributed by atoms with Crippen molar-refractivity contribution in [2.24, 2.45) is 5.10 Å². The Labute approximate surface area is 167 Å². The third kappa shape index (κ3) is 6.36. The fraction of sp³-hybridized carbons (Fsp3) is 0.176. The van der Waals surface area contributed by atoms with Crippen LogP contribution < -0.4 is 15.5 Å². The van der Waals surface area contributed by atoms with Crippen LogP contribution in [0.4, 0.5) is 0 Å². The molecule has 0 fully saturated rings. The molecule has 0 aromatic heterocycles. The first-order chi connectivity index (χ1) is 12.0. The number of hydrogen-bond acceptors (Lipinski definition) is 3. The van der Waals surface area contributed by atoms with E-state index in [1.807, 2.05) is 19.1 Å². The van der Waals surface area contributed by atoms with Crippen molar-refractivity contribution in [2.45, 2.75) is 13.5 Å². The van der Waals surface area contributed by atoms with Gasteiger partial charge in [-0.1, -0.05) is 46.9 Å². The van der Waals surface area contributed by atoms with Crippen LogP contribution >= 0.6 is 47.0 Å². The number of nitrogens with zero attached hydrogens (tertiary/aromatic N) is 1. The number of rotatable bonds is 6. The SMILES string of the molecule is CCNC(=S)N/N=C\c1cc(Cl)c(OCc2ccc(Cl)cc2)c(Cl)c1. The Kier molecular flexibility index (Phi) is 7.78. The molecule has 25 heavy (non-hydrogen) atoms. The molecule has 132 valence electrons. The van der Waals surface area contributed by atoms with Crippen molar-refractivity contribution < 1.29 is 4.74 Å². The summed E-state index contributed by atoms with van der Waals surface area (Å²) in [6.45, 7) is 3.00. The first-order valence-electron chi connectivity index (χ1n) is 7.42. The first-order valence-corrected chi connectivity index (χ1v) is 8.97. The molecule has 4 nitrogen and oxygen atoms in total. The van der Waals surface area contributed by atoms with Crippen molar-refractivity contribution in [3.63, 3.8) is 0 Å². The first kappa shape index (κ1) is 19.8. The van der Waals surface area contributed by atoms with E-state index in [0.29, 0.717) is 32.5 Å². The van der Waals surface area contributed by atoms with Crippen molar-refractivity contribution in [3.05, 3.63) is 62.6 Å². The molecule has 2 N–H and O–H groups in total. The van der Waals surface area contributed by atoms with Gasteiger partial charge in [0.15, 0.2) is 10.9 Å². The molecule has 0 bridgehead atoms. The van der Waals surface area contributed by atoms with Gasteiger partial charge in [0.1, 0.15) is 6.61 Å². The van der Waals surface area contributed by atoms with E-state index in [1.165, 1.54) is 0 Å². The Morgan fingerprint density at radius 2 is 1.80 bits per heavy atom. The number of hydrogen-bond donors (Lipinski definition) is 2. The quantitative estimate of drug-likeness (QED) is 0.393. The average molecular weight is 417 g/mol. The molecular formula is C17H16Cl3N3OS. The minimum absolute atomic E-state index is 0.336. The molecule has 2 aromatic carbocycles. The van der Waals surface area contributed by atoms with Gasteiger partial charge in [-0.3, -0.25) is 5.43 Å². The van der Waals surface area contributed by atoms with E-state index in [-0.39, 0.29) is 0 Å². The molecule has 0 amide bonds. The highest BCUT2D eigenvalue weighted by Gasteiger charge is 2.09. The summed E-state index contributed by atoms with van der Waals surface area (Å²) in [7, 11) is 0. The number of nitrogens with one attached hydrogen (secondary N) is 2. The maximum Gasteiger partial charge on any atom is 0.186 e. The van der Waals surface area contributed by atoms with Gasteiger partial charge in [-0.25, -0.2) is 0 Å². The van der Waals surface area contributed by atoms with Gasteiger partial charge < -0.3 is 10.1 Å². The third-order valence-electron chi connectivity index (χ3n) is 3.03. The summed E-state index contributed by atoms with van der Waals surface area (Å²) in [5.41, 5.74) is 4.38. The van der Waals surface area contributed by atoms with Crippen LogP contribution in [0.15, 0.2) is 41.5 Å². The predicted octanol–water partition coefficient (Wildman–Crippen LogP) is 5.04. The number of hydrazone groups is 1. The van der Waals surface area contributed by atoms with Crippen molar-refractivity contribution in [2.75, 3.05) is 6.54 Å². The summed E-state index contributed by atoms with van der Waals surface area (Å²) in [6.07, 6.45) is 1.57. The standard InChI is InChI=1S/C17H16Cl3N3OS/c1-2-21-17(25)23-22-9-12-7-14(19)16(15(20)8-12)24-10-11-3-5-13(18)6-4-11/h3-9H,2,10H2,1H3,(H2,21,23,25)/b22-9-. The minimum atomic E-state index is 0.336. The fourth-order valence-corrected chi connectivity index (χ4v) is 2.83. The molecule has 2 aromatic rings. The zero-order chi connectivity index (χ0) is 18.2. The molecule has 0 saturated carbocycles. The van der Waals surface area contributed by atoms with E-state index in [0.717, 1.165) is 17.7 Å². The lowest BCUT2D eigenvalue weighted by atomic mass is 10.2. The van der Waals surface area contributed by atoms with Gasteiger partial charge in [-0.05, 0) is 54.5 Å². The van der Waals surface area contributed by atoms with Gasteiger partial charge in [-0.15, -0.1) is 0 Å². The Hall–Kier alpha value is -1.53. The van der Waals surface area contributed by atoms with Gasteiger partial charge in [0.2, 0.25) is 0 Å². The van der Waals surface area contributed by atoms with Crippen LogP contribution in [0.3, 0.4) is 0 Å². The van der Waals surface area contributed by atoms with Gasteiger partial charge in [0.05, 0.1) is 16.3 Å². The Bertz CT molecular complexity index is 743. The van der Waals surface area contributed by atoms with Gasteiger partial charge in [0, 0.05) is 11.6 Å². The molecule has 0 atom stereocenters. The van der Waals surface area contributed by atoms with Gasteiger partial charge in [-0.2, -0.15) is 5.10 Å². The largest absolute Gasteiger partial charge is 0.486 e. The Morgan fingerprint density at radius 1 is 1.16 bits per heavy atom. The summed E-state index contributed by atoms with van der Waals surface area (Å²) >= 11 is 23.4. The van der Waals surface area contributed by atoms with E-state index in [2.05, 4.69) is 15.8 Å². The summed E-state index contributed by atoms with van der Waals surface area (Å²) in [4.78, 5) is 0. The smallest absolute Gasteiger partial charge is 0.186 e. The summed E-state index contributed by atoms with van der Waals surface area (Å²) in [6, 6.07) is 10.8. The van der Waals surface area contributed by atoms with Crippen LogP contribution in [-0.2, 0) is 6.61 Å². The summed E-state index contributed by atoms with van der Waals surface area (Å²) in [5.74, 6) is 0.423. The highest BCUT2D eigenvalue weighted by molar-refractivity contribution is 7.80. The molecule has 0 aliphatic carbocycles. The lowest BCUT2D eigenvalue weighted by Gasteiger charge is -2.11. The Balaban J connectivity index is 2.02. The topological polar surface area (TPSA) is 45.7 Å². The second-order valence-electron chi connectivity index (χ2n) is 4.96. The molecular weight excluding hydrogens is 401 g/mol. The lowest BCUT2D eigenvalue weighted by molar-refractivity contribution is 0.306. The minimum Gasteiger partial charge on any atom is -0.486 e. The molecule has 8 heteroatoms. The molecule has 0 aliphatic heterocycles. The zero-order valence-corrected chi connectivity index (χ0v) is 16.4. The molecule has 2 rings (SSSR count). The van der Waals surface area contributed by atoms with E-state index in [4.69, 9.17) is 51.8 Å². The van der Waals surface area contributed by atoms with E-state index in [9.17, 15) is 0 Å². The summed E-state index contributed by atoms with van der Waals surface area (Å²) < 4.78 is 5.73. The van der Waals surface area contributed by atoms with Crippen LogP contribution in [0, 0.1) is 0 Å². The predicted molar refractivity (Wildman–Crippen MR) is 109 cm³/mol. The maximum absolute atomic E-state index is 6.27. The van der Waals surface area contributed by atoms with Crippen molar-refractivity contribution in [1.29, 1.82) is 0 Å². The fourth-order valence-electron chi connectivity index (χ4n) is 1.89. The lowest BCUT2D eigenvalue weighted by Crippen LogP contribution is -2.31. The highest BCUT2D eigenvalue weighted by Crippen LogP contribution is 2.34. The molecule has 0 aliphatic rings. The average Bonchev–Trinajstić information content (AvgIpc) is 2.56. The highest BCUT2D eigenvalue weighted by atomic mass is 35.5. The molecule has 0 radical (unpaired) electrons. The number of ether oxygens (including phenoxy) is 1. The maximum atomic E-state index is 6.27. The molecule has 0 saturated heterocycles. The number of thiocarbonyl (C=S) groups is 1. The van der Waals surface area contributed by atoms with E-state index >= 15 is 0 Å². The van der Waals surface area contributed by atoms with E-state index < -0.39 is 0 Å². The second kappa shape index (κ2) is 9.82. The zero-order valence-electron chi connectivity index (χ0n) is 13.4. The van der Waals surface area contributed by atoms with Crippen LogP contribution in [0.1, 0.15) is 18.1 Å². The van der Waals surface area contributed by atoms with Crippen LogP contribution in [-0.4, -0.2) is 17.9 Å². The third-order valence-corrected chi connectivity index (χ3v) is 4.08. The molecule has 0 unspecified atom stereocenters. The molecule has 0 heterocycles. The van der Waals surface area contributed by atoms with Crippen molar-refractivity contribution in [3.8, 4) is 5.75 Å². The van der Waals surface area contributed by atoms with Crippen molar-refractivity contribution >= 4 is 58.3 Å². The van der Waals surface area contributed by atoms with Crippen LogP contribution in [0.25, 0.3) is 0 Å². The normalized spacial score (nSPS) is 10.7. The van der Waals surface area contributed by atoms with E-state index in [1.54, 1.807) is 30.5 Å². The number of benzene rings is 2.